The molecule has 0 radical (unpaired) electrons. The van der Waals surface area contributed by atoms with Crippen LogP contribution in [-0.4, -0.2) is 8.80 Å². The second-order valence-electron chi connectivity index (χ2n) is 9.95. The van der Waals surface area contributed by atoms with Gasteiger partial charge in [-0.15, -0.1) is 39.9 Å². The van der Waals surface area contributed by atoms with E-state index >= 15 is 0 Å². The Balaban J connectivity index is 0.00000342. The van der Waals surface area contributed by atoms with E-state index in [0.717, 1.165) is 18.9 Å². The first-order chi connectivity index (χ1) is 16.3. The predicted octanol–water partition coefficient (Wildman–Crippen LogP) is -2.13. The van der Waals surface area contributed by atoms with E-state index in [0.29, 0.717) is 0 Å². The molecule has 0 N–H and O–H groups in total. The Labute approximate surface area is 266 Å². The summed E-state index contributed by atoms with van der Waals surface area (Å²) in [5.74, 6) is 0. The van der Waals surface area contributed by atoms with Crippen molar-refractivity contribution in [2.45, 2.75) is 67.4 Å². The third-order valence-electron chi connectivity index (χ3n) is 7.91. The zero-order chi connectivity index (χ0) is 24.4. The van der Waals surface area contributed by atoms with Gasteiger partial charge < -0.3 is 37.2 Å². The maximum absolute atomic E-state index is 2.53. The third-order valence-corrected chi connectivity index (χ3v) is 11.5. The fourth-order valence-electron chi connectivity index (χ4n) is 5.73. The van der Waals surface area contributed by atoms with Crippen LogP contribution in [-0.2, 0) is 40.6 Å². The minimum Gasteiger partial charge on any atom is -1.00 e. The van der Waals surface area contributed by atoms with Crippen molar-refractivity contribution in [3.8, 4) is 11.1 Å². The van der Waals surface area contributed by atoms with Crippen LogP contribution in [0, 0.1) is 34.6 Å². The van der Waals surface area contributed by atoms with E-state index in [4.69, 9.17) is 0 Å². The van der Waals surface area contributed by atoms with Crippen molar-refractivity contribution < 1.29 is 58.9 Å². The Morgan fingerprint density at radius 1 is 0.658 bits per heavy atom. The van der Waals surface area contributed by atoms with Gasteiger partial charge in [-0.25, -0.2) is 0 Å². The van der Waals surface area contributed by atoms with E-state index in [2.05, 4.69) is 115 Å². The van der Waals surface area contributed by atoms with Crippen LogP contribution in [0.1, 0.15) is 58.4 Å². The summed E-state index contributed by atoms with van der Waals surface area (Å²) in [4.78, 5) is 0. The fourth-order valence-corrected chi connectivity index (χ4v) is 9.54. The van der Waals surface area contributed by atoms with E-state index in [1.807, 2.05) is 0 Å². The molecule has 4 aromatic carbocycles. The molecule has 0 amide bonds. The zero-order valence-corrected chi connectivity index (χ0v) is 28.7. The molecule has 0 spiro atoms. The van der Waals surface area contributed by atoms with Crippen LogP contribution in [0.2, 0.25) is 0 Å². The number of hydrogen-bond donors (Lipinski definition) is 0. The van der Waals surface area contributed by atoms with Crippen LogP contribution in [0.3, 0.4) is 0 Å². The second-order valence-corrected chi connectivity index (χ2v) is 12.7. The first-order valence-corrected chi connectivity index (χ1v) is 14.8. The summed E-state index contributed by atoms with van der Waals surface area (Å²) in [5.41, 5.74) is 14.7. The van der Waals surface area contributed by atoms with E-state index in [1.54, 1.807) is 15.9 Å². The van der Waals surface area contributed by atoms with Gasteiger partial charge >= 0.3 is 21.7 Å². The van der Waals surface area contributed by atoms with Crippen molar-refractivity contribution in [1.82, 2.24) is 0 Å². The largest absolute Gasteiger partial charge is 4.00 e. The number of halogens is 3. The summed E-state index contributed by atoms with van der Waals surface area (Å²) in [6.45, 7) is 16.2. The number of aryl methyl sites for hydroxylation is 4. The number of rotatable bonds is 7. The molecule has 0 saturated carbocycles. The normalized spacial score (nSPS) is 10.9. The first-order valence-electron chi connectivity index (χ1n) is 12.8. The maximum Gasteiger partial charge on any atom is 4.00 e. The monoisotopic (exact) mass is 616 g/mol. The summed E-state index contributed by atoms with van der Waals surface area (Å²) in [6, 6.07) is 26.5. The summed E-state index contributed by atoms with van der Waals surface area (Å²) < 4.78 is 0. The summed E-state index contributed by atoms with van der Waals surface area (Å²) in [5, 5.41) is 3.23. The van der Waals surface area contributed by atoms with Gasteiger partial charge in [-0.05, 0) is 43.9 Å². The molecule has 0 heterocycles. The molecule has 0 fully saturated rings. The second kappa shape index (κ2) is 16.2. The Hall–Kier alpha value is -1.19. The Morgan fingerprint density at radius 3 is 1.68 bits per heavy atom. The Morgan fingerprint density at radius 2 is 1.18 bits per heavy atom. The molecular weight excluding hydrogens is 579 g/mol. The van der Waals surface area contributed by atoms with Crippen molar-refractivity contribution in [1.29, 1.82) is 0 Å². The molecule has 0 aliphatic carbocycles. The van der Waals surface area contributed by atoms with Crippen LogP contribution in [0.15, 0.2) is 66.7 Å². The molecule has 0 aliphatic rings. The van der Waals surface area contributed by atoms with Crippen molar-refractivity contribution in [3.63, 3.8) is 0 Å². The molecule has 4 rings (SSSR count). The van der Waals surface area contributed by atoms with Gasteiger partial charge in [0.1, 0.15) is 8.80 Å². The smallest absolute Gasteiger partial charge is 1.00 e. The van der Waals surface area contributed by atoms with Gasteiger partial charge in [-0.2, -0.15) is 0 Å². The topological polar surface area (TPSA) is 0 Å². The van der Waals surface area contributed by atoms with Crippen molar-refractivity contribution in [2.75, 3.05) is 0 Å². The quantitative estimate of drug-likeness (QED) is 0.164. The van der Waals surface area contributed by atoms with E-state index in [-0.39, 0.29) is 58.9 Å². The average molecular weight is 618 g/mol. The molecule has 0 nitrogen and oxygen atoms in total. The van der Waals surface area contributed by atoms with Crippen LogP contribution < -0.4 is 47.6 Å². The summed E-state index contributed by atoms with van der Waals surface area (Å²) in [6.07, 6.45) is 2.19. The van der Waals surface area contributed by atoms with Gasteiger partial charge in [0, 0.05) is 0 Å². The molecule has 5 heteroatoms. The number of hydrogen-bond acceptors (Lipinski definition) is 0. The van der Waals surface area contributed by atoms with Gasteiger partial charge in [-0.3, -0.25) is 0 Å². The molecule has 1 unspecified atom stereocenters. The molecule has 0 saturated heterocycles. The SMILES string of the molecule is CCc1cc(CC)cc([SiH](Cc2c(C)c(C)c(C)[c-]2-c2ccccc2)c2c(C)cccc2C)c1.[Cl-].[Cl-].[Cl-].[Ti+4]. The van der Waals surface area contributed by atoms with Crippen LogP contribution in [0.25, 0.3) is 11.1 Å². The van der Waals surface area contributed by atoms with Gasteiger partial charge in [0.2, 0.25) is 0 Å². The maximum atomic E-state index is 2.53. The number of benzene rings is 3. The molecule has 38 heavy (non-hydrogen) atoms. The molecule has 200 valence electrons. The fraction of sp³-hybridized carbons (Fsp3) is 0.303. The Kier molecular flexibility index (Phi) is 15.7. The van der Waals surface area contributed by atoms with Crippen molar-refractivity contribution >= 4 is 19.2 Å². The van der Waals surface area contributed by atoms with Gasteiger partial charge in [0.05, 0.1) is 0 Å². The van der Waals surface area contributed by atoms with E-state index in [1.165, 1.54) is 50.1 Å². The van der Waals surface area contributed by atoms with E-state index in [9.17, 15) is 0 Å². The van der Waals surface area contributed by atoms with Crippen LogP contribution in [0.5, 0.6) is 0 Å². The van der Waals surface area contributed by atoms with E-state index < -0.39 is 8.80 Å². The van der Waals surface area contributed by atoms with Crippen molar-refractivity contribution in [3.05, 3.63) is 111 Å². The molecule has 0 aliphatic heterocycles. The summed E-state index contributed by atoms with van der Waals surface area (Å²) >= 11 is 0. The van der Waals surface area contributed by atoms with Gasteiger partial charge in [-0.1, -0.05) is 116 Å². The standard InChI is InChI=1S/C33H39Si.3ClH.Ti/c1-8-27-18-28(9-2)20-30(19-27)34(33-22(3)14-13-15-23(33)4)21-31-25(6)24(5)26(7)32(31)29-16-11-10-12-17-29;;;;/h10-20,34H,8-9,21H2,1-7H3;3*1H;/q-1;;;;+4/p-3. The molecular formula is C33H39Cl3SiTi. The van der Waals surface area contributed by atoms with Crippen LogP contribution in [0.4, 0.5) is 0 Å². The van der Waals surface area contributed by atoms with Gasteiger partial charge in [0.15, 0.2) is 0 Å². The van der Waals surface area contributed by atoms with Gasteiger partial charge in [0.25, 0.3) is 0 Å². The Bertz CT molecular complexity index is 1270. The minimum absolute atomic E-state index is 0. The van der Waals surface area contributed by atoms with Crippen molar-refractivity contribution in [2.24, 2.45) is 0 Å². The molecule has 4 aromatic rings. The summed E-state index contributed by atoms with van der Waals surface area (Å²) in [7, 11) is -1.53. The third kappa shape index (κ3) is 7.51. The average Bonchev–Trinajstić information content (AvgIpc) is 3.06. The molecule has 0 bridgehead atoms. The van der Waals surface area contributed by atoms with Crippen LogP contribution >= 0.6 is 0 Å². The zero-order valence-electron chi connectivity index (χ0n) is 23.7. The predicted molar refractivity (Wildman–Crippen MR) is 153 cm³/mol. The molecule has 1 atom stereocenters. The minimum atomic E-state index is -1.53. The molecule has 0 aromatic heterocycles. The first kappa shape index (κ1) is 36.8.